The van der Waals surface area contributed by atoms with Gasteiger partial charge in [0.15, 0.2) is 0 Å². The van der Waals surface area contributed by atoms with Crippen LogP contribution < -0.4 is 4.74 Å². The lowest BCUT2D eigenvalue weighted by atomic mass is 10.0. The summed E-state index contributed by atoms with van der Waals surface area (Å²) < 4.78 is 30.7. The van der Waals surface area contributed by atoms with Crippen molar-refractivity contribution < 1.29 is 23.4 Å². The van der Waals surface area contributed by atoms with E-state index in [1.165, 1.54) is 13.2 Å². The van der Waals surface area contributed by atoms with Crippen LogP contribution in [0.1, 0.15) is 36.1 Å². The molecule has 0 fully saturated rings. The van der Waals surface area contributed by atoms with Crippen LogP contribution in [0.2, 0.25) is 0 Å². The number of hydrogen-bond acceptors (Lipinski definition) is 5. The van der Waals surface area contributed by atoms with E-state index in [0.29, 0.717) is 24.5 Å². The molecule has 0 N–H and O–H groups in total. The van der Waals surface area contributed by atoms with Gasteiger partial charge in [-0.3, -0.25) is 9.78 Å². The van der Waals surface area contributed by atoms with Crippen molar-refractivity contribution in [1.29, 1.82) is 0 Å². The van der Waals surface area contributed by atoms with E-state index < -0.39 is 0 Å². The Kier molecular flexibility index (Phi) is 7.73. The number of hydrogen-bond donors (Lipinski definition) is 0. The predicted octanol–water partition coefficient (Wildman–Crippen LogP) is 5.42. The van der Waals surface area contributed by atoms with Crippen molar-refractivity contribution in [2.75, 3.05) is 13.7 Å². The predicted molar refractivity (Wildman–Crippen MR) is 116 cm³/mol. The molecule has 0 bridgehead atoms. The number of benzene rings is 2. The first-order valence-corrected chi connectivity index (χ1v) is 10.1. The van der Waals surface area contributed by atoms with Crippen LogP contribution in [0.4, 0.5) is 4.39 Å². The lowest BCUT2D eigenvalue weighted by Crippen LogP contribution is -2.12. The van der Waals surface area contributed by atoms with E-state index in [1.807, 2.05) is 44.2 Å². The molecule has 0 aliphatic rings. The van der Waals surface area contributed by atoms with Crippen LogP contribution >= 0.6 is 0 Å². The number of rotatable bonds is 9. The molecule has 1 aromatic heterocycles. The standard InChI is InChI=1S/C25H26FNO4/c1-4-30-24(14-25(28)29-3)19-6-8-20(9-7-19)31-16-18-5-10-23(26)21(13-18)22-15-27-12-11-17(22)2/h5-13,15,24H,4,14,16H2,1-3H3/t24-/m0/s1. The SMILES string of the molecule is CCO[C@@H](CC(=O)OC)c1ccc(OCc2ccc(F)c(-c3cnccc3C)c2)cc1. The summed E-state index contributed by atoms with van der Waals surface area (Å²) in [6.45, 7) is 4.59. The van der Waals surface area contributed by atoms with Crippen molar-refractivity contribution in [1.82, 2.24) is 4.98 Å². The number of nitrogens with zero attached hydrogens (tertiary/aromatic N) is 1. The van der Waals surface area contributed by atoms with Gasteiger partial charge in [0.1, 0.15) is 18.2 Å². The number of ether oxygens (including phenoxy) is 3. The van der Waals surface area contributed by atoms with E-state index >= 15 is 0 Å². The zero-order valence-corrected chi connectivity index (χ0v) is 17.9. The van der Waals surface area contributed by atoms with Crippen LogP contribution in [0.15, 0.2) is 60.9 Å². The van der Waals surface area contributed by atoms with Crippen molar-refractivity contribution >= 4 is 5.97 Å². The molecule has 6 heteroatoms. The second-order valence-corrected chi connectivity index (χ2v) is 7.09. The minimum atomic E-state index is -0.367. The second-order valence-electron chi connectivity index (χ2n) is 7.09. The number of methoxy groups -OCH3 is 1. The monoisotopic (exact) mass is 423 g/mol. The normalized spacial score (nSPS) is 11.7. The molecule has 31 heavy (non-hydrogen) atoms. The highest BCUT2D eigenvalue weighted by Crippen LogP contribution is 2.28. The summed E-state index contributed by atoms with van der Waals surface area (Å²) in [7, 11) is 1.36. The van der Waals surface area contributed by atoms with Crippen LogP contribution in [-0.4, -0.2) is 24.7 Å². The van der Waals surface area contributed by atoms with Gasteiger partial charge in [0.05, 0.1) is 19.6 Å². The Morgan fingerprint density at radius 2 is 1.87 bits per heavy atom. The van der Waals surface area contributed by atoms with Gasteiger partial charge in [-0.25, -0.2) is 4.39 Å². The molecule has 0 radical (unpaired) electrons. The van der Waals surface area contributed by atoms with Crippen LogP contribution in [0.25, 0.3) is 11.1 Å². The molecule has 0 amide bonds. The smallest absolute Gasteiger partial charge is 0.308 e. The van der Waals surface area contributed by atoms with E-state index in [9.17, 15) is 9.18 Å². The van der Waals surface area contributed by atoms with Crippen LogP contribution in [0, 0.1) is 12.7 Å². The highest BCUT2D eigenvalue weighted by atomic mass is 19.1. The topological polar surface area (TPSA) is 57.7 Å². The first-order chi connectivity index (χ1) is 15.0. The van der Waals surface area contributed by atoms with Gasteiger partial charge in [-0.15, -0.1) is 0 Å². The summed E-state index contributed by atoms with van der Waals surface area (Å²) >= 11 is 0. The number of aryl methyl sites for hydroxylation is 1. The Hall–Kier alpha value is -3.25. The molecule has 0 saturated carbocycles. The molecular formula is C25H26FNO4. The Morgan fingerprint density at radius 3 is 2.55 bits per heavy atom. The van der Waals surface area contributed by atoms with Crippen LogP contribution in [-0.2, 0) is 20.9 Å². The fourth-order valence-electron chi connectivity index (χ4n) is 3.27. The fourth-order valence-corrected chi connectivity index (χ4v) is 3.27. The highest BCUT2D eigenvalue weighted by Gasteiger charge is 2.17. The number of carbonyl (C=O) groups excluding carboxylic acids is 1. The van der Waals surface area contributed by atoms with Crippen molar-refractivity contribution in [2.24, 2.45) is 0 Å². The summed E-state index contributed by atoms with van der Waals surface area (Å²) in [6, 6.07) is 14.2. The van der Waals surface area contributed by atoms with Gasteiger partial charge in [0.25, 0.3) is 0 Å². The van der Waals surface area contributed by atoms with Gasteiger partial charge in [-0.2, -0.15) is 0 Å². The lowest BCUT2D eigenvalue weighted by Gasteiger charge is -2.17. The summed E-state index contributed by atoms with van der Waals surface area (Å²) in [5, 5.41) is 0. The molecule has 0 spiro atoms. The van der Waals surface area contributed by atoms with Crippen molar-refractivity contribution in [3.8, 4) is 16.9 Å². The molecule has 3 rings (SSSR count). The average molecular weight is 423 g/mol. The van der Waals surface area contributed by atoms with Crippen molar-refractivity contribution in [3.63, 3.8) is 0 Å². The summed E-state index contributed by atoms with van der Waals surface area (Å²) in [6.07, 6.45) is 3.14. The van der Waals surface area contributed by atoms with Crippen LogP contribution in [0.3, 0.4) is 0 Å². The molecule has 0 aliphatic carbocycles. The van der Waals surface area contributed by atoms with E-state index in [4.69, 9.17) is 14.2 Å². The maximum Gasteiger partial charge on any atom is 0.308 e. The summed E-state index contributed by atoms with van der Waals surface area (Å²) in [4.78, 5) is 15.7. The van der Waals surface area contributed by atoms with E-state index in [2.05, 4.69) is 4.98 Å². The quantitative estimate of drug-likeness (QED) is 0.431. The Balaban J connectivity index is 1.70. The molecule has 0 unspecified atom stereocenters. The molecule has 1 heterocycles. The molecule has 2 aromatic carbocycles. The fraction of sp³-hybridized carbons (Fsp3) is 0.280. The molecule has 1 atom stereocenters. The van der Waals surface area contributed by atoms with Gasteiger partial charge >= 0.3 is 5.97 Å². The van der Waals surface area contributed by atoms with Gasteiger partial charge < -0.3 is 14.2 Å². The average Bonchev–Trinajstić information content (AvgIpc) is 2.79. The molecular weight excluding hydrogens is 397 g/mol. The molecule has 0 aliphatic heterocycles. The maximum atomic E-state index is 14.4. The Labute approximate surface area is 181 Å². The van der Waals surface area contributed by atoms with Gasteiger partial charge in [0.2, 0.25) is 0 Å². The Bertz CT molecular complexity index is 1020. The number of halogens is 1. The summed E-state index contributed by atoms with van der Waals surface area (Å²) in [5.74, 6) is 0.0482. The van der Waals surface area contributed by atoms with Crippen LogP contribution in [0.5, 0.6) is 5.75 Å². The molecule has 0 saturated heterocycles. The first-order valence-electron chi connectivity index (χ1n) is 10.1. The third kappa shape index (κ3) is 5.89. The largest absolute Gasteiger partial charge is 0.489 e. The number of esters is 1. The molecule has 3 aromatic rings. The van der Waals surface area contributed by atoms with E-state index in [0.717, 1.165) is 22.3 Å². The summed E-state index contributed by atoms with van der Waals surface area (Å²) in [5.41, 5.74) is 3.94. The Morgan fingerprint density at radius 1 is 1.10 bits per heavy atom. The van der Waals surface area contributed by atoms with Gasteiger partial charge in [-0.05, 0) is 60.9 Å². The minimum absolute atomic E-state index is 0.149. The number of aromatic nitrogens is 1. The maximum absolute atomic E-state index is 14.4. The van der Waals surface area contributed by atoms with E-state index in [-0.39, 0.29) is 24.3 Å². The second kappa shape index (κ2) is 10.7. The number of carbonyl (C=O) groups is 1. The number of pyridine rings is 1. The lowest BCUT2D eigenvalue weighted by molar-refractivity contribution is -0.143. The molecule has 162 valence electrons. The zero-order chi connectivity index (χ0) is 22.2. The molecule has 5 nitrogen and oxygen atoms in total. The van der Waals surface area contributed by atoms with Crippen molar-refractivity contribution in [3.05, 3.63) is 83.4 Å². The van der Waals surface area contributed by atoms with Crippen molar-refractivity contribution in [2.45, 2.75) is 33.0 Å². The van der Waals surface area contributed by atoms with Gasteiger partial charge in [0, 0.05) is 30.1 Å². The van der Waals surface area contributed by atoms with Gasteiger partial charge in [-0.1, -0.05) is 18.2 Å². The third-order valence-corrected chi connectivity index (χ3v) is 4.96. The van der Waals surface area contributed by atoms with E-state index in [1.54, 1.807) is 24.5 Å². The first kappa shape index (κ1) is 22.4. The minimum Gasteiger partial charge on any atom is -0.489 e. The zero-order valence-electron chi connectivity index (χ0n) is 17.9. The third-order valence-electron chi connectivity index (χ3n) is 4.96. The highest BCUT2D eigenvalue weighted by molar-refractivity contribution is 5.70.